The molecule has 0 spiro atoms. The van der Waals surface area contributed by atoms with Gasteiger partial charge in [-0.05, 0) is 30.7 Å². The summed E-state index contributed by atoms with van der Waals surface area (Å²) in [5, 5.41) is 18.0. The van der Waals surface area contributed by atoms with Crippen molar-refractivity contribution in [2.75, 3.05) is 6.54 Å². The van der Waals surface area contributed by atoms with E-state index < -0.39 is 24.1 Å². The molecule has 0 saturated heterocycles. The number of phenols is 1. The lowest BCUT2D eigenvalue weighted by Crippen LogP contribution is -2.39. The molecule has 1 aromatic rings. The molecule has 0 amide bonds. The quantitative estimate of drug-likeness (QED) is 0.500. The van der Waals surface area contributed by atoms with E-state index in [1.54, 1.807) is 12.1 Å². The van der Waals surface area contributed by atoms with Crippen molar-refractivity contribution in [3.63, 3.8) is 0 Å². The normalized spacial score (nSPS) is 13.5. The van der Waals surface area contributed by atoms with Gasteiger partial charge in [-0.25, -0.2) is 4.79 Å². The number of carbonyl (C=O) groups is 2. The van der Waals surface area contributed by atoms with Gasteiger partial charge in [0.25, 0.3) is 0 Å². The minimum Gasteiger partial charge on any atom is -0.508 e. The second-order valence-electron chi connectivity index (χ2n) is 4.32. The average molecular weight is 282 g/mol. The molecule has 0 fully saturated rings. The molecule has 110 valence electrons. The topological polar surface area (TPSA) is 136 Å². The minimum absolute atomic E-state index is 0.0347. The molecule has 1 rings (SSSR count). The fraction of sp³-hybridized carbons (Fsp3) is 0.385. The van der Waals surface area contributed by atoms with Gasteiger partial charge in [-0.2, -0.15) is 0 Å². The van der Waals surface area contributed by atoms with Crippen molar-refractivity contribution in [3.05, 3.63) is 29.8 Å². The van der Waals surface area contributed by atoms with E-state index in [4.69, 9.17) is 26.4 Å². The SMILES string of the molecule is NCCC(OC(=O)C(N)Cc1ccc(O)cc1)C(=O)O. The van der Waals surface area contributed by atoms with E-state index in [1.807, 2.05) is 0 Å². The molecule has 0 radical (unpaired) electrons. The largest absolute Gasteiger partial charge is 0.508 e. The van der Waals surface area contributed by atoms with Crippen LogP contribution in [0.1, 0.15) is 12.0 Å². The number of ether oxygens (including phenoxy) is 1. The summed E-state index contributed by atoms with van der Waals surface area (Å²) in [4.78, 5) is 22.5. The lowest BCUT2D eigenvalue weighted by Gasteiger charge is -2.16. The summed E-state index contributed by atoms with van der Waals surface area (Å²) in [6.07, 6.45) is -1.06. The smallest absolute Gasteiger partial charge is 0.345 e. The van der Waals surface area contributed by atoms with Crippen LogP contribution in [0.5, 0.6) is 5.75 Å². The molecule has 0 aliphatic heterocycles. The molecular weight excluding hydrogens is 264 g/mol. The molecule has 7 heteroatoms. The van der Waals surface area contributed by atoms with E-state index in [0.717, 1.165) is 5.56 Å². The first-order chi connectivity index (χ1) is 9.43. The first kappa shape index (κ1) is 15.9. The highest BCUT2D eigenvalue weighted by molar-refractivity contribution is 5.81. The van der Waals surface area contributed by atoms with Crippen molar-refractivity contribution in [2.24, 2.45) is 11.5 Å². The third-order valence-corrected chi connectivity index (χ3v) is 2.66. The third-order valence-electron chi connectivity index (χ3n) is 2.66. The molecule has 0 aromatic heterocycles. The maximum absolute atomic E-state index is 11.7. The zero-order valence-electron chi connectivity index (χ0n) is 10.9. The van der Waals surface area contributed by atoms with E-state index in [2.05, 4.69) is 0 Å². The van der Waals surface area contributed by atoms with Gasteiger partial charge in [-0.15, -0.1) is 0 Å². The van der Waals surface area contributed by atoms with Gasteiger partial charge in [-0.1, -0.05) is 12.1 Å². The second-order valence-corrected chi connectivity index (χ2v) is 4.32. The number of benzene rings is 1. The van der Waals surface area contributed by atoms with Crippen molar-refractivity contribution in [1.82, 2.24) is 0 Å². The number of aromatic hydroxyl groups is 1. The van der Waals surface area contributed by atoms with Crippen molar-refractivity contribution in [3.8, 4) is 5.75 Å². The maximum atomic E-state index is 11.7. The number of hydrogen-bond donors (Lipinski definition) is 4. The van der Waals surface area contributed by atoms with Gasteiger partial charge in [0.1, 0.15) is 11.8 Å². The molecule has 0 bridgehead atoms. The van der Waals surface area contributed by atoms with Crippen LogP contribution >= 0.6 is 0 Å². The Morgan fingerprint density at radius 1 is 1.25 bits per heavy atom. The van der Waals surface area contributed by atoms with Crippen LogP contribution in [0.3, 0.4) is 0 Å². The van der Waals surface area contributed by atoms with Gasteiger partial charge >= 0.3 is 11.9 Å². The van der Waals surface area contributed by atoms with Crippen molar-refractivity contribution >= 4 is 11.9 Å². The number of carbonyl (C=O) groups excluding carboxylic acids is 1. The van der Waals surface area contributed by atoms with Crippen LogP contribution in [0.25, 0.3) is 0 Å². The maximum Gasteiger partial charge on any atom is 0.345 e. The zero-order valence-corrected chi connectivity index (χ0v) is 10.9. The fourth-order valence-electron chi connectivity index (χ4n) is 1.58. The summed E-state index contributed by atoms with van der Waals surface area (Å²) in [6.45, 7) is 0.0947. The highest BCUT2D eigenvalue weighted by Crippen LogP contribution is 2.11. The Morgan fingerprint density at radius 2 is 1.85 bits per heavy atom. The Bertz CT molecular complexity index is 460. The monoisotopic (exact) mass is 282 g/mol. The summed E-state index contributed by atoms with van der Waals surface area (Å²) in [5.74, 6) is -1.93. The average Bonchev–Trinajstić information content (AvgIpc) is 2.40. The lowest BCUT2D eigenvalue weighted by molar-refractivity contribution is -0.165. The van der Waals surface area contributed by atoms with Gasteiger partial charge in [0.2, 0.25) is 0 Å². The zero-order chi connectivity index (χ0) is 15.1. The Labute approximate surface area is 116 Å². The molecule has 2 atom stereocenters. The number of rotatable bonds is 7. The van der Waals surface area contributed by atoms with E-state index in [1.165, 1.54) is 12.1 Å². The van der Waals surface area contributed by atoms with Crippen LogP contribution in [0, 0.1) is 0 Å². The van der Waals surface area contributed by atoms with Crippen molar-refractivity contribution in [1.29, 1.82) is 0 Å². The number of esters is 1. The van der Waals surface area contributed by atoms with Crippen LogP contribution < -0.4 is 11.5 Å². The summed E-state index contributed by atoms with van der Waals surface area (Å²) >= 11 is 0. The molecule has 1 aromatic carbocycles. The predicted octanol–water partition coefficient (Wildman–Crippen LogP) is -0.393. The Morgan fingerprint density at radius 3 is 2.35 bits per heavy atom. The summed E-state index contributed by atoms with van der Waals surface area (Å²) in [7, 11) is 0. The molecule has 0 aliphatic rings. The fourth-order valence-corrected chi connectivity index (χ4v) is 1.58. The molecular formula is C13H18N2O5. The number of nitrogens with two attached hydrogens (primary N) is 2. The van der Waals surface area contributed by atoms with Crippen LogP contribution in [-0.2, 0) is 20.7 Å². The first-order valence-electron chi connectivity index (χ1n) is 6.11. The number of hydrogen-bond acceptors (Lipinski definition) is 6. The number of phenolic OH excluding ortho intramolecular Hbond substituents is 1. The molecule has 0 aliphatic carbocycles. The number of carboxylic acids is 1. The van der Waals surface area contributed by atoms with Gasteiger partial charge < -0.3 is 26.4 Å². The molecule has 20 heavy (non-hydrogen) atoms. The molecule has 2 unspecified atom stereocenters. The summed E-state index contributed by atoms with van der Waals surface area (Å²) < 4.78 is 4.82. The number of carboxylic acid groups (broad SMARTS) is 1. The van der Waals surface area contributed by atoms with E-state index in [9.17, 15) is 9.59 Å². The predicted molar refractivity (Wildman–Crippen MR) is 71.0 cm³/mol. The summed E-state index contributed by atoms with van der Waals surface area (Å²) in [6, 6.07) is 5.22. The van der Waals surface area contributed by atoms with Gasteiger partial charge in [-0.3, -0.25) is 4.79 Å². The van der Waals surface area contributed by atoms with Crippen LogP contribution in [0.2, 0.25) is 0 Å². The second kappa shape index (κ2) is 7.46. The van der Waals surface area contributed by atoms with Gasteiger partial charge in [0.15, 0.2) is 6.10 Å². The standard InChI is InChI=1S/C13H18N2O5/c14-6-5-11(12(17)18)20-13(19)10(15)7-8-1-3-9(16)4-2-8/h1-4,10-11,16H,5-7,14-15H2,(H,17,18). The van der Waals surface area contributed by atoms with E-state index in [-0.39, 0.29) is 25.1 Å². The molecule has 7 nitrogen and oxygen atoms in total. The van der Waals surface area contributed by atoms with Crippen LogP contribution in [0.15, 0.2) is 24.3 Å². The van der Waals surface area contributed by atoms with E-state index >= 15 is 0 Å². The molecule has 0 saturated carbocycles. The number of aliphatic carboxylic acids is 1. The Hall–Kier alpha value is -2.12. The summed E-state index contributed by atoms with van der Waals surface area (Å²) in [5.41, 5.74) is 11.7. The van der Waals surface area contributed by atoms with Crippen molar-refractivity contribution < 1.29 is 24.5 Å². The Kier molecular flexibility index (Phi) is 5.95. The third kappa shape index (κ3) is 4.87. The minimum atomic E-state index is -1.28. The van der Waals surface area contributed by atoms with Crippen molar-refractivity contribution in [2.45, 2.75) is 25.0 Å². The van der Waals surface area contributed by atoms with Gasteiger partial charge in [0, 0.05) is 6.42 Å². The van der Waals surface area contributed by atoms with Crippen LogP contribution in [-0.4, -0.2) is 40.8 Å². The molecule has 6 N–H and O–H groups in total. The highest BCUT2D eigenvalue weighted by atomic mass is 16.6. The van der Waals surface area contributed by atoms with E-state index in [0.29, 0.717) is 0 Å². The lowest BCUT2D eigenvalue weighted by atomic mass is 10.1. The Balaban J connectivity index is 2.57. The highest BCUT2D eigenvalue weighted by Gasteiger charge is 2.25. The van der Waals surface area contributed by atoms with Gasteiger partial charge in [0.05, 0.1) is 0 Å². The first-order valence-corrected chi connectivity index (χ1v) is 6.11. The molecule has 0 heterocycles. The van der Waals surface area contributed by atoms with Crippen LogP contribution in [0.4, 0.5) is 0 Å².